The SMILES string of the molecule is O=C(COc1ccc(F)cc1)N1CCN(Cc2ccc(=O)[nH]c2)CC1. The maximum Gasteiger partial charge on any atom is 0.260 e. The quantitative estimate of drug-likeness (QED) is 0.885. The van der Waals surface area contributed by atoms with E-state index in [4.69, 9.17) is 4.74 Å². The number of nitrogens with zero attached hydrogens (tertiary/aromatic N) is 2. The number of amides is 1. The Kier molecular flexibility index (Phi) is 5.45. The largest absolute Gasteiger partial charge is 0.484 e. The minimum atomic E-state index is -0.336. The molecule has 0 radical (unpaired) electrons. The van der Waals surface area contributed by atoms with Gasteiger partial charge in [-0.2, -0.15) is 0 Å². The van der Waals surface area contributed by atoms with Gasteiger partial charge < -0.3 is 14.6 Å². The summed E-state index contributed by atoms with van der Waals surface area (Å²) in [5.74, 6) is 0.0664. The third-order valence-electron chi connectivity index (χ3n) is 4.16. The maximum absolute atomic E-state index is 12.8. The van der Waals surface area contributed by atoms with E-state index >= 15 is 0 Å². The van der Waals surface area contributed by atoms with Gasteiger partial charge in [0, 0.05) is 45.0 Å². The Hall–Kier alpha value is -2.67. The number of carbonyl (C=O) groups excluding carboxylic acids is 1. The summed E-state index contributed by atoms with van der Waals surface area (Å²) in [4.78, 5) is 29.9. The molecule has 1 saturated heterocycles. The van der Waals surface area contributed by atoms with Crippen LogP contribution < -0.4 is 10.3 Å². The van der Waals surface area contributed by atoms with Gasteiger partial charge in [-0.25, -0.2) is 4.39 Å². The average molecular weight is 345 g/mol. The van der Waals surface area contributed by atoms with Crippen LogP contribution in [0.15, 0.2) is 47.4 Å². The van der Waals surface area contributed by atoms with Crippen LogP contribution in [-0.2, 0) is 11.3 Å². The second-order valence-corrected chi connectivity index (χ2v) is 5.96. The molecule has 0 saturated carbocycles. The highest BCUT2D eigenvalue weighted by Crippen LogP contribution is 2.12. The van der Waals surface area contributed by atoms with E-state index in [-0.39, 0.29) is 23.9 Å². The molecular formula is C18H20FN3O3. The second-order valence-electron chi connectivity index (χ2n) is 5.96. The van der Waals surface area contributed by atoms with Crippen LogP contribution in [0.25, 0.3) is 0 Å². The zero-order chi connectivity index (χ0) is 17.6. The Morgan fingerprint density at radius 1 is 1.08 bits per heavy atom. The standard InChI is InChI=1S/C18H20FN3O3/c19-15-2-4-16(5-3-15)25-13-18(24)22-9-7-21(8-10-22)12-14-1-6-17(23)20-11-14/h1-6,11H,7-10,12-13H2,(H,20,23). The molecule has 1 aliphatic rings. The second kappa shape index (κ2) is 7.94. The van der Waals surface area contributed by atoms with Gasteiger partial charge in [0.25, 0.3) is 5.91 Å². The van der Waals surface area contributed by atoms with E-state index in [1.807, 2.05) is 6.07 Å². The Bertz CT molecular complexity index is 747. The molecule has 1 N–H and O–H groups in total. The predicted molar refractivity (Wildman–Crippen MR) is 90.8 cm³/mol. The van der Waals surface area contributed by atoms with Gasteiger partial charge in [0.05, 0.1) is 0 Å². The smallest absolute Gasteiger partial charge is 0.260 e. The molecule has 1 amide bonds. The van der Waals surface area contributed by atoms with Crippen LogP contribution in [-0.4, -0.2) is 53.5 Å². The number of carbonyl (C=O) groups is 1. The maximum atomic E-state index is 12.8. The van der Waals surface area contributed by atoms with Crippen molar-refractivity contribution in [1.82, 2.24) is 14.8 Å². The number of hydrogen-bond acceptors (Lipinski definition) is 4. The molecule has 132 valence electrons. The van der Waals surface area contributed by atoms with Gasteiger partial charge >= 0.3 is 0 Å². The highest BCUT2D eigenvalue weighted by molar-refractivity contribution is 5.77. The summed E-state index contributed by atoms with van der Waals surface area (Å²) in [5, 5.41) is 0. The number of aromatic amines is 1. The molecule has 1 aliphatic heterocycles. The first-order chi connectivity index (χ1) is 12.1. The van der Waals surface area contributed by atoms with Crippen molar-refractivity contribution < 1.29 is 13.9 Å². The Morgan fingerprint density at radius 3 is 2.44 bits per heavy atom. The minimum Gasteiger partial charge on any atom is -0.484 e. The van der Waals surface area contributed by atoms with Gasteiger partial charge in [0.1, 0.15) is 11.6 Å². The van der Waals surface area contributed by atoms with Gasteiger partial charge in [-0.15, -0.1) is 0 Å². The molecule has 0 unspecified atom stereocenters. The Morgan fingerprint density at radius 2 is 1.80 bits per heavy atom. The molecule has 0 atom stereocenters. The molecular weight excluding hydrogens is 325 g/mol. The highest BCUT2D eigenvalue weighted by Gasteiger charge is 2.21. The Labute approximate surface area is 144 Å². The first-order valence-electron chi connectivity index (χ1n) is 8.16. The topological polar surface area (TPSA) is 65.6 Å². The van der Waals surface area contributed by atoms with Crippen LogP contribution >= 0.6 is 0 Å². The lowest BCUT2D eigenvalue weighted by molar-refractivity contribution is -0.135. The summed E-state index contributed by atoms with van der Waals surface area (Å²) in [6.07, 6.45) is 1.72. The summed E-state index contributed by atoms with van der Waals surface area (Å²) >= 11 is 0. The fourth-order valence-electron chi connectivity index (χ4n) is 2.72. The lowest BCUT2D eigenvalue weighted by Gasteiger charge is -2.34. The molecule has 0 aliphatic carbocycles. The van der Waals surface area contributed by atoms with Gasteiger partial charge in [-0.3, -0.25) is 14.5 Å². The molecule has 25 heavy (non-hydrogen) atoms. The van der Waals surface area contributed by atoms with Crippen LogP contribution in [0.5, 0.6) is 5.75 Å². The average Bonchev–Trinajstić information content (AvgIpc) is 2.63. The van der Waals surface area contributed by atoms with Crippen molar-refractivity contribution in [3.05, 3.63) is 64.3 Å². The van der Waals surface area contributed by atoms with Crippen molar-refractivity contribution >= 4 is 5.91 Å². The van der Waals surface area contributed by atoms with Crippen molar-refractivity contribution in [2.45, 2.75) is 6.54 Å². The summed E-state index contributed by atoms with van der Waals surface area (Å²) in [5.41, 5.74) is 0.930. The summed E-state index contributed by atoms with van der Waals surface area (Å²) in [6, 6.07) is 8.94. The normalized spacial score (nSPS) is 15.2. The van der Waals surface area contributed by atoms with Crippen molar-refractivity contribution in [2.24, 2.45) is 0 Å². The summed E-state index contributed by atoms with van der Waals surface area (Å²) in [7, 11) is 0. The predicted octanol–water partition coefficient (Wildman–Crippen LogP) is 1.24. The summed E-state index contributed by atoms with van der Waals surface area (Å²) in [6.45, 7) is 3.49. The number of rotatable bonds is 5. The minimum absolute atomic E-state index is 0.0500. The van der Waals surface area contributed by atoms with Crippen molar-refractivity contribution in [2.75, 3.05) is 32.8 Å². The van der Waals surface area contributed by atoms with E-state index in [1.54, 1.807) is 11.1 Å². The lowest BCUT2D eigenvalue weighted by atomic mass is 10.2. The number of pyridine rings is 1. The van der Waals surface area contributed by atoms with E-state index in [0.29, 0.717) is 18.8 Å². The van der Waals surface area contributed by atoms with Crippen LogP contribution in [0.1, 0.15) is 5.56 Å². The molecule has 1 aromatic carbocycles. The molecule has 7 heteroatoms. The zero-order valence-electron chi connectivity index (χ0n) is 13.8. The van der Waals surface area contributed by atoms with Crippen LogP contribution in [0.2, 0.25) is 0 Å². The van der Waals surface area contributed by atoms with E-state index in [0.717, 1.165) is 25.2 Å². The monoisotopic (exact) mass is 345 g/mol. The number of aromatic nitrogens is 1. The fourth-order valence-corrected chi connectivity index (χ4v) is 2.72. The molecule has 3 rings (SSSR count). The number of H-pyrrole nitrogens is 1. The van der Waals surface area contributed by atoms with E-state index in [9.17, 15) is 14.0 Å². The fraction of sp³-hybridized carbons (Fsp3) is 0.333. The van der Waals surface area contributed by atoms with E-state index in [2.05, 4.69) is 9.88 Å². The highest BCUT2D eigenvalue weighted by atomic mass is 19.1. The van der Waals surface area contributed by atoms with E-state index in [1.165, 1.54) is 30.3 Å². The molecule has 6 nitrogen and oxygen atoms in total. The molecule has 2 aromatic rings. The number of halogens is 1. The molecule has 2 heterocycles. The molecule has 0 bridgehead atoms. The Balaban J connectivity index is 1.43. The van der Waals surface area contributed by atoms with Gasteiger partial charge in [0.2, 0.25) is 5.56 Å². The van der Waals surface area contributed by atoms with Gasteiger partial charge in [-0.05, 0) is 29.8 Å². The summed E-state index contributed by atoms with van der Waals surface area (Å²) < 4.78 is 18.2. The first-order valence-corrected chi connectivity index (χ1v) is 8.16. The molecule has 0 spiro atoms. The third kappa shape index (κ3) is 4.90. The van der Waals surface area contributed by atoms with Crippen molar-refractivity contribution in [3.63, 3.8) is 0 Å². The number of piperazine rings is 1. The van der Waals surface area contributed by atoms with Gasteiger partial charge in [-0.1, -0.05) is 6.07 Å². The molecule has 1 aromatic heterocycles. The molecule has 1 fully saturated rings. The number of nitrogens with one attached hydrogen (secondary N) is 1. The number of hydrogen-bond donors (Lipinski definition) is 1. The lowest BCUT2D eigenvalue weighted by Crippen LogP contribution is -2.49. The number of ether oxygens (including phenoxy) is 1. The third-order valence-corrected chi connectivity index (χ3v) is 4.16. The zero-order valence-corrected chi connectivity index (χ0v) is 13.8. The van der Waals surface area contributed by atoms with Crippen LogP contribution in [0.4, 0.5) is 4.39 Å². The van der Waals surface area contributed by atoms with Crippen LogP contribution in [0.3, 0.4) is 0 Å². The van der Waals surface area contributed by atoms with Gasteiger partial charge in [0.15, 0.2) is 6.61 Å². The van der Waals surface area contributed by atoms with Crippen molar-refractivity contribution in [3.8, 4) is 5.75 Å². The van der Waals surface area contributed by atoms with Crippen LogP contribution in [0, 0.1) is 5.82 Å². The van der Waals surface area contributed by atoms with Crippen molar-refractivity contribution in [1.29, 1.82) is 0 Å². The number of benzene rings is 1. The first kappa shape index (κ1) is 17.2. The van der Waals surface area contributed by atoms with E-state index < -0.39 is 0 Å².